The fraction of sp³-hybridized carbons (Fsp3) is 1.00. The number of rotatable bonds is 0. The molecule has 1 saturated heterocycles. The lowest BCUT2D eigenvalue weighted by atomic mass is 9.35. The lowest BCUT2D eigenvalue weighted by Crippen LogP contribution is -2.65. The molecule has 0 aromatic rings. The van der Waals surface area contributed by atoms with Gasteiger partial charge < -0.3 is 0 Å². The molecule has 4 rings (SSSR count). The van der Waals surface area contributed by atoms with E-state index < -0.39 is 10.0 Å². The number of hydrogen-bond donors (Lipinski definition) is 0. The molecule has 3 nitrogen and oxygen atoms in total. The van der Waals surface area contributed by atoms with E-state index in [4.69, 9.17) is 0 Å². The number of hydrogen-bond acceptors (Lipinski definition) is 2. The van der Waals surface area contributed by atoms with Crippen molar-refractivity contribution < 1.29 is 8.42 Å². The van der Waals surface area contributed by atoms with E-state index in [0.717, 1.165) is 18.3 Å². The Labute approximate surface area is 90.9 Å². The normalized spacial score (nSPS) is 64.3. The van der Waals surface area contributed by atoms with Gasteiger partial charge in [0.2, 0.25) is 10.0 Å². The fourth-order valence-corrected chi connectivity index (χ4v) is 7.55. The van der Waals surface area contributed by atoms with Gasteiger partial charge in [-0.3, -0.25) is 0 Å². The largest absolute Gasteiger partial charge is 0.214 e. The van der Waals surface area contributed by atoms with E-state index in [1.807, 2.05) is 0 Å². The van der Waals surface area contributed by atoms with Crippen molar-refractivity contribution in [3.8, 4) is 0 Å². The van der Waals surface area contributed by atoms with E-state index in [1.54, 1.807) is 11.4 Å². The first-order valence-electron chi connectivity index (χ1n) is 5.87. The Morgan fingerprint density at radius 1 is 1.27 bits per heavy atom. The third-order valence-corrected chi connectivity index (χ3v) is 8.42. The smallest absolute Gasteiger partial charge is 0.212 e. The fourth-order valence-electron chi connectivity index (χ4n) is 5.40. The van der Waals surface area contributed by atoms with Crippen LogP contribution in [0.25, 0.3) is 0 Å². The summed E-state index contributed by atoms with van der Waals surface area (Å²) in [6.07, 6.45) is 3.67. The standard InChI is InChI=1S/C11H17NO2S/c1-10-7-3-8(10)5-11(10)6-15(13,14)12(2)9(11)4-7/h7-9H,3-6H2,1-2H3/t7-,8?,9-,10?,11-/m0/s1. The molecule has 0 N–H and O–H groups in total. The Morgan fingerprint density at radius 2 is 2.00 bits per heavy atom. The van der Waals surface area contributed by atoms with Gasteiger partial charge in [-0.05, 0) is 36.5 Å². The summed E-state index contributed by atoms with van der Waals surface area (Å²) in [6.45, 7) is 2.35. The number of sulfonamides is 1. The maximum absolute atomic E-state index is 11.9. The first-order valence-corrected chi connectivity index (χ1v) is 7.48. The molecule has 0 aromatic carbocycles. The molecule has 4 aliphatic rings. The molecule has 4 heteroatoms. The van der Waals surface area contributed by atoms with Crippen LogP contribution >= 0.6 is 0 Å². The minimum Gasteiger partial charge on any atom is -0.212 e. The summed E-state index contributed by atoms with van der Waals surface area (Å²) in [5.74, 6) is 2.10. The van der Waals surface area contributed by atoms with Crippen molar-refractivity contribution in [2.45, 2.75) is 32.2 Å². The van der Waals surface area contributed by atoms with Crippen molar-refractivity contribution in [2.24, 2.45) is 22.7 Å². The molecule has 0 radical (unpaired) electrons. The van der Waals surface area contributed by atoms with Crippen LogP contribution in [0, 0.1) is 22.7 Å². The minimum atomic E-state index is -2.93. The molecule has 2 unspecified atom stereocenters. The van der Waals surface area contributed by atoms with E-state index in [9.17, 15) is 8.42 Å². The minimum absolute atomic E-state index is 0.147. The Balaban J connectivity index is 1.89. The lowest BCUT2D eigenvalue weighted by molar-refractivity contribution is -0.202. The maximum Gasteiger partial charge on any atom is 0.214 e. The maximum atomic E-state index is 11.9. The lowest BCUT2D eigenvalue weighted by Gasteiger charge is -2.69. The first-order chi connectivity index (χ1) is 6.92. The molecule has 5 atom stereocenters. The SMILES string of the molecule is CN1[C@H]2C[C@@H]3CC4C[C@@]2(CS1(=O)=O)C43C. The highest BCUT2D eigenvalue weighted by molar-refractivity contribution is 7.89. The van der Waals surface area contributed by atoms with Crippen LogP contribution in [0.15, 0.2) is 0 Å². The third-order valence-electron chi connectivity index (χ3n) is 6.41. The molecule has 0 amide bonds. The van der Waals surface area contributed by atoms with Crippen LogP contribution in [-0.2, 0) is 10.0 Å². The van der Waals surface area contributed by atoms with Crippen LogP contribution in [0.4, 0.5) is 0 Å². The molecule has 84 valence electrons. The molecule has 1 spiro atoms. The molecule has 3 saturated carbocycles. The first kappa shape index (κ1) is 8.99. The van der Waals surface area contributed by atoms with Gasteiger partial charge in [-0.15, -0.1) is 0 Å². The average molecular weight is 227 g/mol. The van der Waals surface area contributed by atoms with E-state index in [-0.39, 0.29) is 5.41 Å². The van der Waals surface area contributed by atoms with Crippen LogP contribution in [0.5, 0.6) is 0 Å². The summed E-state index contributed by atoms with van der Waals surface area (Å²) in [7, 11) is -1.14. The van der Waals surface area contributed by atoms with Crippen LogP contribution in [0.3, 0.4) is 0 Å². The summed E-state index contributed by atoms with van der Waals surface area (Å²) >= 11 is 0. The van der Waals surface area contributed by atoms with Crippen molar-refractivity contribution in [3.05, 3.63) is 0 Å². The second-order valence-corrected chi connectivity index (χ2v) is 8.32. The van der Waals surface area contributed by atoms with Crippen LogP contribution in [0.2, 0.25) is 0 Å². The molecular weight excluding hydrogens is 210 g/mol. The van der Waals surface area contributed by atoms with Gasteiger partial charge in [0.15, 0.2) is 0 Å². The Morgan fingerprint density at radius 3 is 2.67 bits per heavy atom. The van der Waals surface area contributed by atoms with Gasteiger partial charge in [0.05, 0.1) is 5.75 Å². The molecule has 0 bridgehead atoms. The Hall–Kier alpha value is -0.0900. The zero-order valence-electron chi connectivity index (χ0n) is 9.23. The highest BCUT2D eigenvalue weighted by Gasteiger charge is 2.81. The highest BCUT2D eigenvalue weighted by atomic mass is 32.2. The summed E-state index contributed by atoms with van der Waals surface area (Å²) < 4.78 is 25.6. The van der Waals surface area contributed by atoms with Crippen LogP contribution in [-0.4, -0.2) is 31.6 Å². The second-order valence-electron chi connectivity index (χ2n) is 6.30. The zero-order valence-corrected chi connectivity index (χ0v) is 10.0. The van der Waals surface area contributed by atoms with Crippen molar-refractivity contribution in [1.82, 2.24) is 4.31 Å². The molecule has 3 aliphatic carbocycles. The summed E-state index contributed by atoms with van der Waals surface area (Å²) in [5, 5.41) is 0. The van der Waals surface area contributed by atoms with E-state index in [0.29, 0.717) is 17.2 Å². The van der Waals surface area contributed by atoms with Gasteiger partial charge in [-0.1, -0.05) is 6.92 Å². The molecule has 4 fully saturated rings. The predicted octanol–water partition coefficient (Wildman–Crippen LogP) is 1.07. The van der Waals surface area contributed by atoms with Crippen molar-refractivity contribution in [1.29, 1.82) is 0 Å². The van der Waals surface area contributed by atoms with Crippen molar-refractivity contribution >= 4 is 10.0 Å². The van der Waals surface area contributed by atoms with E-state index >= 15 is 0 Å². The molecule has 1 aliphatic heterocycles. The summed E-state index contributed by atoms with van der Waals surface area (Å²) in [4.78, 5) is 0. The van der Waals surface area contributed by atoms with Gasteiger partial charge >= 0.3 is 0 Å². The topological polar surface area (TPSA) is 37.4 Å². The average Bonchev–Trinajstić information content (AvgIpc) is 2.42. The predicted molar refractivity (Wildman–Crippen MR) is 56.7 cm³/mol. The van der Waals surface area contributed by atoms with Crippen molar-refractivity contribution in [3.63, 3.8) is 0 Å². The molecule has 0 aromatic heterocycles. The van der Waals surface area contributed by atoms with E-state index in [1.165, 1.54) is 12.8 Å². The van der Waals surface area contributed by atoms with Gasteiger partial charge in [0.25, 0.3) is 0 Å². The quantitative estimate of drug-likeness (QED) is 0.620. The van der Waals surface area contributed by atoms with Gasteiger partial charge in [-0.25, -0.2) is 12.7 Å². The van der Waals surface area contributed by atoms with Crippen LogP contribution in [0.1, 0.15) is 26.2 Å². The second kappa shape index (κ2) is 2.02. The van der Waals surface area contributed by atoms with E-state index in [2.05, 4.69) is 6.92 Å². The third kappa shape index (κ3) is 0.631. The van der Waals surface area contributed by atoms with Crippen molar-refractivity contribution in [2.75, 3.05) is 12.8 Å². The van der Waals surface area contributed by atoms with Gasteiger partial charge in [0, 0.05) is 18.5 Å². The van der Waals surface area contributed by atoms with Gasteiger partial charge in [-0.2, -0.15) is 0 Å². The Bertz CT molecular complexity index is 459. The number of nitrogens with zero attached hydrogens (tertiary/aromatic N) is 1. The highest BCUT2D eigenvalue weighted by Crippen LogP contribution is 2.82. The Kier molecular flexibility index (Phi) is 1.21. The van der Waals surface area contributed by atoms with Gasteiger partial charge in [0.1, 0.15) is 0 Å². The summed E-state index contributed by atoms with van der Waals surface area (Å²) in [6, 6.07) is 0.330. The summed E-state index contributed by atoms with van der Waals surface area (Å²) in [5.41, 5.74) is 0.531. The molecule has 1 heterocycles. The zero-order chi connectivity index (χ0) is 10.6. The molecule has 15 heavy (non-hydrogen) atoms. The molecular formula is C11H17NO2S. The monoisotopic (exact) mass is 227 g/mol. The van der Waals surface area contributed by atoms with Crippen LogP contribution < -0.4 is 0 Å².